The minimum absolute atomic E-state index is 0.255. The summed E-state index contributed by atoms with van der Waals surface area (Å²) in [5.74, 6) is 1.78. The van der Waals surface area contributed by atoms with Crippen LogP contribution in [0.25, 0.3) is 33.4 Å². The second-order valence-corrected chi connectivity index (χ2v) is 14.5. The molecule has 3 heteroatoms. The Morgan fingerprint density at radius 1 is 0.488 bits per heavy atom. The molecule has 4 aromatic carbocycles. The van der Waals surface area contributed by atoms with Crippen molar-refractivity contribution in [1.82, 2.24) is 0 Å². The maximum Gasteiger partial charge on any atom is 0.118 e. The molecular weight excluding hydrogens is 519 g/mol. The molecule has 0 bridgehead atoms. The summed E-state index contributed by atoms with van der Waals surface area (Å²) >= 11 is 0. The smallest absolute Gasteiger partial charge is 0.118 e. The molecule has 0 unspecified atom stereocenters. The molecule has 0 aromatic heterocycles. The standard InChI is InChI=1S/C38H43O2P/c1-39-30-24-20-28(21-25-30)34-17-11-18-35(29-22-26-31(40-2)27-23-29)38(34)36-16-9-10-19-37(36)41(32-12-5-3-6-13-32)33-14-7-4-8-15-33/h9-11,16-27,32-33H,3-8,12-15H2,1-2H3. The molecule has 2 aliphatic carbocycles. The van der Waals surface area contributed by atoms with Gasteiger partial charge in [-0.3, -0.25) is 0 Å². The molecule has 0 aliphatic heterocycles. The van der Waals surface area contributed by atoms with Gasteiger partial charge in [0.2, 0.25) is 0 Å². The zero-order valence-corrected chi connectivity index (χ0v) is 25.5. The van der Waals surface area contributed by atoms with Crippen molar-refractivity contribution in [3.63, 3.8) is 0 Å². The Bertz CT molecular complexity index is 1330. The maximum absolute atomic E-state index is 5.51. The molecule has 0 heterocycles. The third-order valence-electron chi connectivity index (χ3n) is 9.25. The van der Waals surface area contributed by atoms with E-state index in [-0.39, 0.29) is 7.92 Å². The van der Waals surface area contributed by atoms with Crippen LogP contribution in [-0.2, 0) is 0 Å². The van der Waals surface area contributed by atoms with E-state index in [1.165, 1.54) is 97.6 Å². The van der Waals surface area contributed by atoms with E-state index in [0.29, 0.717) is 0 Å². The molecule has 0 radical (unpaired) electrons. The molecule has 41 heavy (non-hydrogen) atoms. The first kappa shape index (κ1) is 28.0. The summed E-state index contributed by atoms with van der Waals surface area (Å²) in [6.45, 7) is 0. The van der Waals surface area contributed by atoms with Crippen molar-refractivity contribution in [1.29, 1.82) is 0 Å². The number of methoxy groups -OCH3 is 2. The molecule has 212 valence electrons. The van der Waals surface area contributed by atoms with Gasteiger partial charge in [0.25, 0.3) is 0 Å². The van der Waals surface area contributed by atoms with Crippen LogP contribution in [0.4, 0.5) is 0 Å². The van der Waals surface area contributed by atoms with Crippen LogP contribution in [0, 0.1) is 0 Å². The van der Waals surface area contributed by atoms with E-state index in [0.717, 1.165) is 22.8 Å². The first-order chi connectivity index (χ1) is 20.3. The van der Waals surface area contributed by atoms with Crippen molar-refractivity contribution in [2.75, 3.05) is 14.2 Å². The number of hydrogen-bond acceptors (Lipinski definition) is 2. The molecular formula is C38H43O2P. The molecule has 6 rings (SSSR count). The fourth-order valence-electron chi connectivity index (χ4n) is 7.18. The van der Waals surface area contributed by atoms with E-state index in [2.05, 4.69) is 91.0 Å². The Kier molecular flexibility index (Phi) is 9.07. The number of benzene rings is 4. The van der Waals surface area contributed by atoms with Gasteiger partial charge in [-0.25, -0.2) is 0 Å². The zero-order chi connectivity index (χ0) is 28.0. The highest BCUT2D eigenvalue weighted by Gasteiger charge is 2.34. The van der Waals surface area contributed by atoms with Crippen LogP contribution in [0.1, 0.15) is 64.2 Å². The molecule has 4 aromatic rings. The molecule has 0 N–H and O–H groups in total. The lowest BCUT2D eigenvalue weighted by Crippen LogP contribution is -2.27. The van der Waals surface area contributed by atoms with Gasteiger partial charge in [-0.1, -0.05) is 113 Å². The first-order valence-electron chi connectivity index (χ1n) is 15.6. The number of rotatable bonds is 8. The van der Waals surface area contributed by atoms with Crippen LogP contribution in [0.15, 0.2) is 91.0 Å². The summed E-state index contributed by atoms with van der Waals surface area (Å²) in [5.41, 5.74) is 9.52. The van der Waals surface area contributed by atoms with Gasteiger partial charge in [0.15, 0.2) is 0 Å². The third kappa shape index (κ3) is 6.09. The van der Waals surface area contributed by atoms with E-state index in [9.17, 15) is 0 Å². The minimum Gasteiger partial charge on any atom is -0.497 e. The van der Waals surface area contributed by atoms with E-state index < -0.39 is 0 Å². The van der Waals surface area contributed by atoms with Crippen LogP contribution in [0.3, 0.4) is 0 Å². The molecule has 0 spiro atoms. The van der Waals surface area contributed by atoms with Crippen LogP contribution < -0.4 is 14.8 Å². The second-order valence-electron chi connectivity index (χ2n) is 11.7. The Morgan fingerprint density at radius 2 is 0.927 bits per heavy atom. The largest absolute Gasteiger partial charge is 0.497 e. The summed E-state index contributed by atoms with van der Waals surface area (Å²) in [6, 6.07) is 33.5. The van der Waals surface area contributed by atoms with Gasteiger partial charge in [0, 0.05) is 0 Å². The fourth-order valence-corrected chi connectivity index (χ4v) is 11.1. The average molecular weight is 563 g/mol. The lowest BCUT2D eigenvalue weighted by atomic mass is 9.87. The highest BCUT2D eigenvalue weighted by Crippen LogP contribution is 2.57. The molecule has 2 aliphatic rings. The van der Waals surface area contributed by atoms with E-state index in [1.54, 1.807) is 19.5 Å². The van der Waals surface area contributed by atoms with Crippen LogP contribution >= 0.6 is 7.92 Å². The Morgan fingerprint density at radius 3 is 1.39 bits per heavy atom. The van der Waals surface area contributed by atoms with E-state index in [4.69, 9.17) is 9.47 Å². The maximum atomic E-state index is 5.51. The fraction of sp³-hybridized carbons (Fsp3) is 0.368. The summed E-state index contributed by atoms with van der Waals surface area (Å²) in [5, 5.41) is 1.64. The van der Waals surface area contributed by atoms with Crippen LogP contribution in [0.5, 0.6) is 11.5 Å². The molecule has 2 nitrogen and oxygen atoms in total. The molecule has 2 saturated carbocycles. The van der Waals surface area contributed by atoms with Crippen molar-refractivity contribution in [3.8, 4) is 44.9 Å². The van der Waals surface area contributed by atoms with Crippen molar-refractivity contribution in [2.24, 2.45) is 0 Å². The van der Waals surface area contributed by atoms with Crippen molar-refractivity contribution < 1.29 is 9.47 Å². The van der Waals surface area contributed by atoms with Gasteiger partial charge in [-0.15, -0.1) is 0 Å². The summed E-state index contributed by atoms with van der Waals surface area (Å²) < 4.78 is 11.0. The highest BCUT2D eigenvalue weighted by atomic mass is 31.1. The minimum atomic E-state index is -0.255. The van der Waals surface area contributed by atoms with Crippen LogP contribution in [-0.4, -0.2) is 25.5 Å². The quantitative estimate of drug-likeness (QED) is 0.199. The van der Waals surface area contributed by atoms with Gasteiger partial charge in [0.05, 0.1) is 14.2 Å². The normalized spacial score (nSPS) is 16.6. The number of ether oxygens (including phenoxy) is 2. The van der Waals surface area contributed by atoms with Gasteiger partial charge in [0.1, 0.15) is 11.5 Å². The van der Waals surface area contributed by atoms with Crippen molar-refractivity contribution in [2.45, 2.75) is 75.5 Å². The second kappa shape index (κ2) is 13.3. The lowest BCUT2D eigenvalue weighted by Gasteiger charge is -2.40. The zero-order valence-electron chi connectivity index (χ0n) is 24.6. The summed E-state index contributed by atoms with van der Waals surface area (Å²) in [6.07, 6.45) is 14.0. The van der Waals surface area contributed by atoms with Crippen molar-refractivity contribution in [3.05, 3.63) is 91.0 Å². The third-order valence-corrected chi connectivity index (χ3v) is 12.8. The Hall–Kier alpha value is -3.09. The Balaban J connectivity index is 1.56. The lowest BCUT2D eigenvalue weighted by molar-refractivity contribution is 0.415. The first-order valence-corrected chi connectivity index (χ1v) is 17.0. The number of hydrogen-bond donors (Lipinski definition) is 0. The summed E-state index contributed by atoms with van der Waals surface area (Å²) in [4.78, 5) is 0. The highest BCUT2D eigenvalue weighted by molar-refractivity contribution is 7.67. The van der Waals surface area contributed by atoms with Gasteiger partial charge < -0.3 is 9.47 Å². The molecule has 2 fully saturated rings. The Labute approximate surface area is 247 Å². The molecule has 0 amide bonds. The SMILES string of the molecule is COc1ccc(-c2cccc(-c3ccc(OC)cc3)c2-c2ccccc2P(C2CCCCC2)C2CCCCC2)cc1. The van der Waals surface area contributed by atoms with Gasteiger partial charge in [-0.05, 0) is 100.0 Å². The van der Waals surface area contributed by atoms with Gasteiger partial charge >= 0.3 is 0 Å². The monoisotopic (exact) mass is 562 g/mol. The summed E-state index contributed by atoms with van der Waals surface area (Å²) in [7, 11) is 3.22. The van der Waals surface area contributed by atoms with Crippen LogP contribution in [0.2, 0.25) is 0 Å². The topological polar surface area (TPSA) is 18.5 Å². The van der Waals surface area contributed by atoms with E-state index in [1.807, 2.05) is 0 Å². The predicted octanol–water partition coefficient (Wildman–Crippen LogP) is 10.5. The van der Waals surface area contributed by atoms with Gasteiger partial charge in [-0.2, -0.15) is 0 Å². The predicted molar refractivity (Wildman–Crippen MR) is 176 cm³/mol. The van der Waals surface area contributed by atoms with Crippen molar-refractivity contribution >= 4 is 13.2 Å². The van der Waals surface area contributed by atoms with E-state index >= 15 is 0 Å². The average Bonchev–Trinajstić information content (AvgIpc) is 3.06. The molecule has 0 saturated heterocycles. The molecule has 0 atom stereocenters.